The van der Waals surface area contributed by atoms with Crippen LogP contribution in [0.5, 0.6) is 0 Å². The van der Waals surface area contributed by atoms with Gasteiger partial charge in [-0.2, -0.15) is 0 Å². The monoisotopic (exact) mass is 741 g/mol. The fourth-order valence-electron chi connectivity index (χ4n) is 6.69. The molecule has 0 aromatic rings. The van der Waals surface area contributed by atoms with Gasteiger partial charge in [0.25, 0.3) is 0 Å². The zero-order valence-electron chi connectivity index (χ0n) is 34.9. The van der Waals surface area contributed by atoms with Gasteiger partial charge in [0.2, 0.25) is 11.8 Å². The van der Waals surface area contributed by atoms with E-state index in [-0.39, 0.29) is 23.8 Å². The molecule has 0 aromatic carbocycles. The average molecular weight is 741 g/mol. The molecule has 2 unspecified atom stereocenters. The second kappa shape index (κ2) is 35.1. The van der Waals surface area contributed by atoms with Gasteiger partial charge < -0.3 is 19.9 Å². The number of unbranched alkanes of at least 4 members (excludes halogenated alkanes) is 17. The van der Waals surface area contributed by atoms with Crippen molar-refractivity contribution in [2.75, 3.05) is 33.8 Å². The van der Waals surface area contributed by atoms with E-state index in [2.05, 4.69) is 67.8 Å². The molecule has 7 nitrogen and oxygen atoms in total. The van der Waals surface area contributed by atoms with Crippen LogP contribution in [-0.4, -0.2) is 68.6 Å². The summed E-state index contributed by atoms with van der Waals surface area (Å²) in [4.78, 5) is 42.1. The Morgan fingerprint density at radius 3 is 1.60 bits per heavy atom. The molecule has 1 saturated heterocycles. The van der Waals surface area contributed by atoms with Gasteiger partial charge >= 0.3 is 5.97 Å². The number of esters is 1. The van der Waals surface area contributed by atoms with Gasteiger partial charge in [0.1, 0.15) is 6.04 Å². The largest absolute Gasteiger partial charge is 0.464 e. The van der Waals surface area contributed by atoms with Crippen LogP contribution in [0.4, 0.5) is 0 Å². The summed E-state index contributed by atoms with van der Waals surface area (Å²) in [5, 5.41) is 3.08. The zero-order valence-corrected chi connectivity index (χ0v) is 34.9. The Hall–Kier alpha value is -2.67. The second-order valence-electron chi connectivity index (χ2n) is 15.5. The average Bonchev–Trinajstić information content (AvgIpc) is 3.57. The van der Waals surface area contributed by atoms with E-state index in [0.717, 1.165) is 70.8 Å². The van der Waals surface area contributed by atoms with E-state index in [1.54, 1.807) is 4.90 Å². The first-order valence-electron chi connectivity index (χ1n) is 22.0. The smallest absolute Gasteiger partial charge is 0.328 e. The summed E-state index contributed by atoms with van der Waals surface area (Å²) in [7, 11) is 4.05. The number of allylic oxidation sites excluding steroid dienone is 8. The van der Waals surface area contributed by atoms with E-state index >= 15 is 0 Å². The summed E-state index contributed by atoms with van der Waals surface area (Å²) < 4.78 is 5.72. The van der Waals surface area contributed by atoms with E-state index in [0.29, 0.717) is 32.4 Å². The molecule has 7 heteroatoms. The summed E-state index contributed by atoms with van der Waals surface area (Å²) in [5.74, 6) is -0.344. The summed E-state index contributed by atoms with van der Waals surface area (Å²) in [6.07, 6.45) is 46.1. The molecule has 1 fully saturated rings. The van der Waals surface area contributed by atoms with Gasteiger partial charge in [0, 0.05) is 25.4 Å². The lowest BCUT2D eigenvalue weighted by Gasteiger charge is -2.23. The highest BCUT2D eigenvalue weighted by atomic mass is 16.5. The SMILES string of the molecule is CCCCC/C=C\C/C=C\CCCCCCCCOC(=O)C1CC(NC(=O)CC[NH+](C)C)CN1C(=O)CCCCCCC/C=C\C/C=C\CCCCC. The summed E-state index contributed by atoms with van der Waals surface area (Å²) in [6, 6.07) is -0.831. The normalized spacial score (nSPS) is 16.4. The Balaban J connectivity index is 2.33. The molecular weight excluding hydrogens is 659 g/mol. The van der Waals surface area contributed by atoms with Crippen LogP contribution in [0.3, 0.4) is 0 Å². The van der Waals surface area contributed by atoms with Crippen LogP contribution in [0.1, 0.15) is 181 Å². The lowest BCUT2D eigenvalue weighted by atomic mass is 10.1. The molecule has 2 atom stereocenters. The molecule has 0 spiro atoms. The highest BCUT2D eigenvalue weighted by Crippen LogP contribution is 2.22. The maximum absolute atomic E-state index is 13.4. The number of rotatable bonds is 34. The van der Waals surface area contributed by atoms with E-state index < -0.39 is 6.04 Å². The minimum atomic E-state index is -0.616. The van der Waals surface area contributed by atoms with Crippen molar-refractivity contribution in [3.8, 4) is 0 Å². The van der Waals surface area contributed by atoms with Gasteiger partial charge in [0.15, 0.2) is 0 Å². The van der Waals surface area contributed by atoms with Crippen LogP contribution in [0.2, 0.25) is 0 Å². The zero-order chi connectivity index (χ0) is 38.6. The lowest BCUT2D eigenvalue weighted by Crippen LogP contribution is -3.05. The molecule has 0 aromatic heterocycles. The number of amides is 2. The number of nitrogens with zero attached hydrogens (tertiary/aromatic N) is 1. The van der Waals surface area contributed by atoms with Crippen LogP contribution < -0.4 is 10.2 Å². The number of hydrogen-bond donors (Lipinski definition) is 2. The van der Waals surface area contributed by atoms with Gasteiger partial charge in [-0.3, -0.25) is 9.59 Å². The molecule has 53 heavy (non-hydrogen) atoms. The van der Waals surface area contributed by atoms with Gasteiger partial charge in [-0.25, -0.2) is 4.79 Å². The van der Waals surface area contributed by atoms with Crippen LogP contribution in [0.25, 0.3) is 0 Å². The minimum absolute atomic E-state index is 0.000774. The van der Waals surface area contributed by atoms with Crippen molar-refractivity contribution in [3.05, 3.63) is 48.6 Å². The number of nitrogens with one attached hydrogen (secondary N) is 2. The van der Waals surface area contributed by atoms with Crippen LogP contribution in [-0.2, 0) is 19.1 Å². The molecule has 0 aliphatic carbocycles. The van der Waals surface area contributed by atoms with E-state index in [1.165, 1.54) is 88.4 Å². The van der Waals surface area contributed by atoms with Gasteiger partial charge in [-0.05, 0) is 77.0 Å². The fourth-order valence-corrected chi connectivity index (χ4v) is 6.69. The van der Waals surface area contributed by atoms with Crippen molar-refractivity contribution in [1.82, 2.24) is 10.2 Å². The molecule has 1 rings (SSSR count). The number of quaternary nitrogens is 1. The van der Waals surface area contributed by atoms with Crippen molar-refractivity contribution in [2.45, 2.75) is 193 Å². The number of ether oxygens (including phenoxy) is 1. The first-order valence-corrected chi connectivity index (χ1v) is 22.0. The number of carbonyl (C=O) groups is 3. The summed E-state index contributed by atoms with van der Waals surface area (Å²) >= 11 is 0. The van der Waals surface area contributed by atoms with Gasteiger partial charge in [0.05, 0.1) is 33.7 Å². The first kappa shape index (κ1) is 48.3. The minimum Gasteiger partial charge on any atom is -0.464 e. The predicted octanol–water partition coefficient (Wildman–Crippen LogP) is 9.78. The third-order valence-corrected chi connectivity index (χ3v) is 10.0. The van der Waals surface area contributed by atoms with Crippen LogP contribution in [0.15, 0.2) is 48.6 Å². The van der Waals surface area contributed by atoms with Crippen LogP contribution >= 0.6 is 0 Å². The molecule has 1 aliphatic heterocycles. The molecule has 0 bridgehead atoms. The van der Waals surface area contributed by atoms with Crippen molar-refractivity contribution in [3.63, 3.8) is 0 Å². The maximum atomic E-state index is 13.4. The van der Waals surface area contributed by atoms with Crippen molar-refractivity contribution in [2.24, 2.45) is 0 Å². The first-order chi connectivity index (χ1) is 25.9. The Labute approximate surface area is 326 Å². The molecule has 0 saturated carbocycles. The molecule has 304 valence electrons. The molecule has 2 amide bonds. The van der Waals surface area contributed by atoms with Crippen molar-refractivity contribution < 1.29 is 24.0 Å². The fraction of sp³-hybridized carbons (Fsp3) is 0.761. The third kappa shape index (κ3) is 28.4. The standard InChI is InChI=1S/C46H81N3O4/c1-5-7-9-11-13-15-17-19-21-23-25-27-29-31-33-35-39-53-46(52)43-40-42(47-44(50)37-38-48(3)4)41-49(43)45(51)36-34-32-30-28-26-24-22-20-18-16-14-12-10-8-6-2/h13-16,19-22,42-43H,5-12,17-18,23-41H2,1-4H3,(H,47,50)/p+1/b15-13-,16-14-,21-19-,22-20-. The Morgan fingerprint density at radius 1 is 0.623 bits per heavy atom. The molecule has 0 radical (unpaired) electrons. The third-order valence-electron chi connectivity index (χ3n) is 10.0. The predicted molar refractivity (Wildman–Crippen MR) is 224 cm³/mol. The molecule has 1 aliphatic rings. The number of carbonyl (C=O) groups excluding carboxylic acids is 3. The van der Waals surface area contributed by atoms with Crippen molar-refractivity contribution >= 4 is 17.8 Å². The lowest BCUT2D eigenvalue weighted by molar-refractivity contribution is -0.857. The van der Waals surface area contributed by atoms with E-state index in [1.807, 2.05) is 14.1 Å². The maximum Gasteiger partial charge on any atom is 0.328 e. The van der Waals surface area contributed by atoms with Gasteiger partial charge in [-0.15, -0.1) is 0 Å². The van der Waals surface area contributed by atoms with Gasteiger partial charge in [-0.1, -0.05) is 133 Å². The summed E-state index contributed by atoms with van der Waals surface area (Å²) in [5.41, 5.74) is 0. The number of likely N-dealkylation sites (tertiary alicyclic amines) is 1. The second-order valence-corrected chi connectivity index (χ2v) is 15.5. The van der Waals surface area contributed by atoms with Crippen molar-refractivity contribution in [1.29, 1.82) is 0 Å². The Kier molecular flexibility index (Phi) is 32.0. The van der Waals surface area contributed by atoms with E-state index in [4.69, 9.17) is 4.74 Å². The van der Waals surface area contributed by atoms with Crippen LogP contribution in [0, 0.1) is 0 Å². The highest BCUT2D eigenvalue weighted by molar-refractivity contribution is 5.86. The topological polar surface area (TPSA) is 80.2 Å². The molecule has 2 N–H and O–H groups in total. The van der Waals surface area contributed by atoms with E-state index in [9.17, 15) is 14.4 Å². The number of hydrogen-bond acceptors (Lipinski definition) is 4. The Morgan fingerprint density at radius 2 is 1.09 bits per heavy atom. The Bertz CT molecular complexity index is 1030. The quantitative estimate of drug-likeness (QED) is 0.0391. The summed E-state index contributed by atoms with van der Waals surface area (Å²) in [6.45, 7) is 5.99. The molecular formula is C46H82N3O4+. The highest BCUT2D eigenvalue weighted by Gasteiger charge is 2.40. The molecule has 1 heterocycles.